The van der Waals surface area contributed by atoms with Gasteiger partial charge in [-0.25, -0.2) is 13.5 Å². The molecule has 0 saturated carbocycles. The maximum atomic E-state index is 13.6. The first-order valence-corrected chi connectivity index (χ1v) is 12.1. The Hall–Kier alpha value is -3.74. The van der Waals surface area contributed by atoms with E-state index >= 15 is 0 Å². The van der Waals surface area contributed by atoms with Gasteiger partial charge in [0.1, 0.15) is 11.6 Å². The van der Waals surface area contributed by atoms with Crippen LogP contribution in [-0.2, 0) is 11.3 Å². The van der Waals surface area contributed by atoms with Gasteiger partial charge in [-0.3, -0.25) is 25.3 Å². The Balaban J connectivity index is 1.34. The first-order chi connectivity index (χ1) is 17.9. The number of benzene rings is 2. The number of hydrazine groups is 1. The molecule has 2 heterocycles. The standard InChI is InChI=1S/C25H26F2N6O3S/c26-20-13-19(14-21(27)15-20)22-4-5-23(34)33(31-22)16-17-2-1-3-18(12-17)24(35)29-30-25(37)28-6-7-32-8-10-36-11-9-32/h1-5,12-15H,6-11,16H2,(H,29,35)(H2,28,30,37). The van der Waals surface area contributed by atoms with E-state index in [-0.39, 0.29) is 17.8 Å². The summed E-state index contributed by atoms with van der Waals surface area (Å²) in [5.74, 6) is -1.90. The van der Waals surface area contributed by atoms with E-state index in [1.165, 1.54) is 16.8 Å². The minimum atomic E-state index is -0.742. The van der Waals surface area contributed by atoms with Crippen molar-refractivity contribution in [3.63, 3.8) is 0 Å². The number of morpholine rings is 1. The zero-order valence-electron chi connectivity index (χ0n) is 19.9. The highest BCUT2D eigenvalue weighted by Crippen LogP contribution is 2.18. The van der Waals surface area contributed by atoms with E-state index in [4.69, 9.17) is 17.0 Å². The van der Waals surface area contributed by atoms with Crippen LogP contribution in [0.3, 0.4) is 0 Å². The van der Waals surface area contributed by atoms with Crippen LogP contribution in [0, 0.1) is 11.6 Å². The van der Waals surface area contributed by atoms with Gasteiger partial charge in [-0.15, -0.1) is 0 Å². The van der Waals surface area contributed by atoms with Crippen molar-refractivity contribution in [3.05, 3.63) is 87.7 Å². The summed E-state index contributed by atoms with van der Waals surface area (Å²) < 4.78 is 33.7. The number of hydrogen-bond donors (Lipinski definition) is 3. The topological polar surface area (TPSA) is 101 Å². The van der Waals surface area contributed by atoms with Crippen LogP contribution in [0.1, 0.15) is 15.9 Å². The second kappa shape index (κ2) is 12.5. The quantitative estimate of drug-likeness (QED) is 0.315. The van der Waals surface area contributed by atoms with Gasteiger partial charge in [-0.1, -0.05) is 12.1 Å². The zero-order valence-corrected chi connectivity index (χ0v) is 20.7. The van der Waals surface area contributed by atoms with Crippen molar-refractivity contribution < 1.29 is 18.3 Å². The van der Waals surface area contributed by atoms with Crippen LogP contribution in [0.25, 0.3) is 11.3 Å². The first kappa shape index (κ1) is 26.3. The fourth-order valence-corrected chi connectivity index (χ4v) is 3.94. The number of rotatable bonds is 7. The number of ether oxygens (including phenoxy) is 1. The lowest BCUT2D eigenvalue weighted by Crippen LogP contribution is -2.49. The zero-order chi connectivity index (χ0) is 26.2. The summed E-state index contributed by atoms with van der Waals surface area (Å²) in [5.41, 5.74) is 6.26. The van der Waals surface area contributed by atoms with Gasteiger partial charge in [0, 0.05) is 49.4 Å². The van der Waals surface area contributed by atoms with E-state index < -0.39 is 23.1 Å². The lowest BCUT2D eigenvalue weighted by Gasteiger charge is -2.26. The minimum Gasteiger partial charge on any atom is -0.379 e. The van der Waals surface area contributed by atoms with Crippen LogP contribution < -0.4 is 21.7 Å². The molecule has 0 unspecified atom stereocenters. The van der Waals surface area contributed by atoms with E-state index in [1.54, 1.807) is 24.3 Å². The van der Waals surface area contributed by atoms with Gasteiger partial charge in [0.2, 0.25) is 0 Å². The molecule has 1 fully saturated rings. The van der Waals surface area contributed by atoms with Crippen LogP contribution in [-0.4, -0.2) is 65.1 Å². The van der Waals surface area contributed by atoms with Gasteiger partial charge in [0.25, 0.3) is 11.5 Å². The summed E-state index contributed by atoms with van der Waals surface area (Å²) in [7, 11) is 0. The Bertz CT molecular complexity index is 1310. The summed E-state index contributed by atoms with van der Waals surface area (Å²) >= 11 is 5.21. The normalized spacial score (nSPS) is 13.7. The summed E-state index contributed by atoms with van der Waals surface area (Å²) in [6.07, 6.45) is 0. The Labute approximate surface area is 217 Å². The number of halogens is 2. The molecule has 2 aromatic carbocycles. The monoisotopic (exact) mass is 528 g/mol. The van der Waals surface area contributed by atoms with Crippen LogP contribution in [0.5, 0.6) is 0 Å². The molecular weight excluding hydrogens is 502 g/mol. The van der Waals surface area contributed by atoms with Gasteiger partial charge in [-0.05, 0) is 48.1 Å². The van der Waals surface area contributed by atoms with Gasteiger partial charge in [-0.2, -0.15) is 5.10 Å². The Kier molecular flexibility index (Phi) is 8.88. The van der Waals surface area contributed by atoms with Gasteiger partial charge >= 0.3 is 0 Å². The second-order valence-corrected chi connectivity index (χ2v) is 8.77. The maximum absolute atomic E-state index is 13.6. The maximum Gasteiger partial charge on any atom is 0.269 e. The molecule has 3 aromatic rings. The van der Waals surface area contributed by atoms with Crippen molar-refractivity contribution in [1.29, 1.82) is 0 Å². The first-order valence-electron chi connectivity index (χ1n) is 11.7. The van der Waals surface area contributed by atoms with E-state index in [9.17, 15) is 18.4 Å². The van der Waals surface area contributed by atoms with Crippen LogP contribution in [0.15, 0.2) is 59.4 Å². The minimum absolute atomic E-state index is 0.0561. The summed E-state index contributed by atoms with van der Waals surface area (Å²) in [6, 6.07) is 12.4. The Morgan fingerprint density at radius 2 is 1.78 bits per heavy atom. The number of amides is 1. The number of hydrogen-bond acceptors (Lipinski definition) is 6. The number of carbonyl (C=O) groups excluding carboxylic acids is 1. The fraction of sp³-hybridized carbons (Fsp3) is 0.280. The lowest BCUT2D eigenvalue weighted by molar-refractivity contribution is 0.0389. The van der Waals surface area contributed by atoms with Crippen LogP contribution in [0.4, 0.5) is 8.78 Å². The molecule has 0 spiro atoms. The summed E-state index contributed by atoms with van der Waals surface area (Å²) in [6.45, 7) is 4.70. The van der Waals surface area contributed by atoms with Crippen LogP contribution >= 0.6 is 12.2 Å². The highest BCUT2D eigenvalue weighted by Gasteiger charge is 2.12. The molecule has 1 aliphatic heterocycles. The van der Waals surface area contributed by atoms with Gasteiger partial charge in [0.05, 0.1) is 25.5 Å². The number of thiocarbonyl (C=S) groups is 1. The smallest absolute Gasteiger partial charge is 0.269 e. The summed E-state index contributed by atoms with van der Waals surface area (Å²) in [4.78, 5) is 27.2. The van der Waals surface area contributed by atoms with E-state index in [1.807, 2.05) is 0 Å². The molecule has 4 rings (SSSR count). The van der Waals surface area contributed by atoms with E-state index in [0.717, 1.165) is 51.0 Å². The number of carbonyl (C=O) groups is 1. The number of aromatic nitrogens is 2. The largest absolute Gasteiger partial charge is 0.379 e. The number of nitrogens with zero attached hydrogens (tertiary/aromatic N) is 3. The molecule has 1 saturated heterocycles. The molecule has 1 aromatic heterocycles. The average molecular weight is 529 g/mol. The third kappa shape index (κ3) is 7.62. The second-order valence-electron chi connectivity index (χ2n) is 8.36. The fourth-order valence-electron chi connectivity index (χ4n) is 3.78. The van der Waals surface area contributed by atoms with Crippen molar-refractivity contribution in [2.24, 2.45) is 0 Å². The third-order valence-corrected chi connectivity index (χ3v) is 5.90. The molecule has 0 radical (unpaired) electrons. The Morgan fingerprint density at radius 3 is 2.54 bits per heavy atom. The third-order valence-electron chi connectivity index (χ3n) is 5.65. The molecule has 37 heavy (non-hydrogen) atoms. The SMILES string of the molecule is O=C(NNC(=S)NCCN1CCOCC1)c1cccc(Cn2nc(-c3cc(F)cc(F)c3)ccc2=O)c1. The van der Waals surface area contributed by atoms with Crippen molar-refractivity contribution in [1.82, 2.24) is 30.8 Å². The van der Waals surface area contributed by atoms with Crippen LogP contribution in [0.2, 0.25) is 0 Å². The molecular formula is C25H26F2N6O3S. The molecule has 0 aliphatic carbocycles. The molecule has 194 valence electrons. The molecule has 1 aliphatic rings. The van der Waals surface area contributed by atoms with Gasteiger partial charge < -0.3 is 10.1 Å². The molecule has 9 nitrogen and oxygen atoms in total. The van der Waals surface area contributed by atoms with E-state index in [0.29, 0.717) is 22.8 Å². The molecule has 1 amide bonds. The van der Waals surface area contributed by atoms with Crippen molar-refractivity contribution in [2.45, 2.75) is 6.54 Å². The van der Waals surface area contributed by atoms with Crippen molar-refractivity contribution in [3.8, 4) is 11.3 Å². The van der Waals surface area contributed by atoms with Gasteiger partial charge in [0.15, 0.2) is 5.11 Å². The molecule has 3 N–H and O–H groups in total. The summed E-state index contributed by atoms with van der Waals surface area (Å²) in [5, 5.41) is 7.57. The average Bonchev–Trinajstić information content (AvgIpc) is 2.89. The van der Waals surface area contributed by atoms with Crippen molar-refractivity contribution >= 4 is 23.2 Å². The van der Waals surface area contributed by atoms with Crippen molar-refractivity contribution in [2.75, 3.05) is 39.4 Å². The highest BCUT2D eigenvalue weighted by molar-refractivity contribution is 7.80. The highest BCUT2D eigenvalue weighted by atomic mass is 32.1. The number of nitrogens with one attached hydrogen (secondary N) is 3. The molecule has 0 atom stereocenters. The predicted octanol–water partition coefficient (Wildman–Crippen LogP) is 1.68. The van der Waals surface area contributed by atoms with E-state index in [2.05, 4.69) is 26.2 Å². The Morgan fingerprint density at radius 1 is 1.03 bits per heavy atom. The lowest BCUT2D eigenvalue weighted by atomic mass is 10.1. The molecule has 12 heteroatoms. The molecule has 0 bridgehead atoms. The predicted molar refractivity (Wildman–Crippen MR) is 138 cm³/mol.